The van der Waals surface area contributed by atoms with Gasteiger partial charge in [0.2, 0.25) is 0 Å². The Balaban J connectivity index is 1.84. The minimum atomic E-state index is 0.723. The normalized spacial score (nSPS) is 23.4. The average Bonchev–Trinajstić information content (AvgIpc) is 2.56. The molecule has 2 rings (SSSR count). The van der Waals surface area contributed by atoms with E-state index in [0.717, 1.165) is 17.8 Å². The third kappa shape index (κ3) is 5.14. The maximum Gasteiger partial charge on any atom is -0.0162 e. The van der Waals surface area contributed by atoms with E-state index in [1.165, 1.54) is 64.2 Å². The summed E-state index contributed by atoms with van der Waals surface area (Å²) in [5, 5.41) is 0. The van der Waals surface area contributed by atoms with Crippen LogP contribution < -0.4 is 0 Å². The molecule has 0 radical (unpaired) electrons. The van der Waals surface area contributed by atoms with Crippen LogP contribution in [0.3, 0.4) is 0 Å². The lowest BCUT2D eigenvalue weighted by atomic mass is 9.77. The molecule has 0 amide bonds. The Labute approximate surface area is 138 Å². The topological polar surface area (TPSA) is 0 Å². The maximum atomic E-state index is 2.43. The molecule has 0 aliphatic heterocycles. The molecule has 0 heteroatoms. The molecule has 1 unspecified atom stereocenters. The van der Waals surface area contributed by atoms with Gasteiger partial charge in [0.05, 0.1) is 0 Å². The number of benzene rings is 1. The molecule has 1 fully saturated rings. The van der Waals surface area contributed by atoms with Crippen molar-refractivity contribution in [3.63, 3.8) is 0 Å². The lowest BCUT2D eigenvalue weighted by Gasteiger charge is -2.28. The molecule has 1 aromatic carbocycles. The Kier molecular flexibility index (Phi) is 7.49. The summed E-state index contributed by atoms with van der Waals surface area (Å²) in [6, 6.07) is 9.67. The van der Waals surface area contributed by atoms with Crippen LogP contribution >= 0.6 is 0 Å². The number of hydrogen-bond acceptors (Lipinski definition) is 0. The van der Waals surface area contributed by atoms with Crippen molar-refractivity contribution in [3.05, 3.63) is 35.4 Å². The quantitative estimate of drug-likeness (QED) is 0.437. The van der Waals surface area contributed by atoms with Crippen LogP contribution in [0.15, 0.2) is 24.3 Å². The van der Waals surface area contributed by atoms with Crippen LogP contribution in [-0.2, 0) is 0 Å². The Hall–Kier alpha value is -0.780. The minimum Gasteiger partial charge on any atom is -0.0654 e. The highest BCUT2D eigenvalue weighted by Crippen LogP contribution is 2.37. The van der Waals surface area contributed by atoms with Crippen molar-refractivity contribution in [1.82, 2.24) is 0 Å². The van der Waals surface area contributed by atoms with Crippen molar-refractivity contribution < 1.29 is 0 Å². The highest BCUT2D eigenvalue weighted by molar-refractivity contribution is 5.27. The van der Waals surface area contributed by atoms with Crippen LogP contribution in [0.4, 0.5) is 0 Å². The second-order valence-corrected chi connectivity index (χ2v) is 7.57. The van der Waals surface area contributed by atoms with Crippen molar-refractivity contribution in [2.24, 2.45) is 5.92 Å². The number of unbranched alkanes of at least 4 members (excludes halogenated alkanes) is 2. The van der Waals surface area contributed by atoms with Gasteiger partial charge in [0.15, 0.2) is 0 Å². The van der Waals surface area contributed by atoms with E-state index >= 15 is 0 Å². The predicted molar refractivity (Wildman–Crippen MR) is 98.6 cm³/mol. The lowest BCUT2D eigenvalue weighted by molar-refractivity contribution is 0.308. The van der Waals surface area contributed by atoms with Crippen molar-refractivity contribution in [2.75, 3.05) is 0 Å². The molecule has 0 saturated heterocycles. The van der Waals surface area contributed by atoms with Gasteiger partial charge in [0.1, 0.15) is 0 Å². The molecular weight excluding hydrogens is 264 g/mol. The summed E-state index contributed by atoms with van der Waals surface area (Å²) in [7, 11) is 0. The molecule has 1 aliphatic rings. The fourth-order valence-electron chi connectivity index (χ4n) is 4.16. The van der Waals surface area contributed by atoms with Crippen LogP contribution in [0.2, 0.25) is 0 Å². The fraction of sp³-hybridized carbons (Fsp3) is 0.727. The molecule has 22 heavy (non-hydrogen) atoms. The van der Waals surface area contributed by atoms with Crippen molar-refractivity contribution in [3.8, 4) is 0 Å². The fourth-order valence-corrected chi connectivity index (χ4v) is 4.16. The van der Waals surface area contributed by atoms with Gasteiger partial charge in [-0.15, -0.1) is 0 Å². The van der Waals surface area contributed by atoms with E-state index in [-0.39, 0.29) is 0 Å². The van der Waals surface area contributed by atoms with E-state index in [1.54, 1.807) is 11.1 Å². The zero-order chi connectivity index (χ0) is 15.8. The van der Waals surface area contributed by atoms with Crippen LogP contribution in [-0.4, -0.2) is 0 Å². The zero-order valence-electron chi connectivity index (χ0n) is 15.1. The molecule has 0 spiro atoms. The third-order valence-corrected chi connectivity index (χ3v) is 5.76. The molecule has 0 heterocycles. The van der Waals surface area contributed by atoms with E-state index in [0.29, 0.717) is 0 Å². The molecular formula is C22H36. The standard InChI is InChI=1S/C22H36/c1-4-6-7-9-18(3)20-14-16-22(17-15-20)21-12-10-19(8-5-2)11-13-21/h14-19,21H,4-13H2,1-3H3. The Bertz CT molecular complexity index is 395. The van der Waals surface area contributed by atoms with E-state index in [9.17, 15) is 0 Å². The summed E-state index contributed by atoms with van der Waals surface area (Å²) >= 11 is 0. The molecule has 0 aromatic heterocycles. The molecule has 1 aliphatic carbocycles. The summed E-state index contributed by atoms with van der Waals surface area (Å²) in [6.07, 6.45) is 14.0. The molecule has 124 valence electrons. The van der Waals surface area contributed by atoms with Gasteiger partial charge in [-0.25, -0.2) is 0 Å². The monoisotopic (exact) mass is 300 g/mol. The van der Waals surface area contributed by atoms with Crippen molar-refractivity contribution >= 4 is 0 Å². The van der Waals surface area contributed by atoms with Gasteiger partial charge in [-0.05, 0) is 61.0 Å². The Morgan fingerprint density at radius 1 is 0.909 bits per heavy atom. The van der Waals surface area contributed by atoms with Crippen LogP contribution in [0.25, 0.3) is 0 Å². The van der Waals surface area contributed by atoms with Crippen molar-refractivity contribution in [1.29, 1.82) is 0 Å². The van der Waals surface area contributed by atoms with Gasteiger partial charge in [-0.1, -0.05) is 77.1 Å². The molecule has 1 atom stereocenters. The lowest BCUT2D eigenvalue weighted by Crippen LogP contribution is -2.13. The number of rotatable bonds is 8. The second-order valence-electron chi connectivity index (χ2n) is 7.57. The van der Waals surface area contributed by atoms with Crippen LogP contribution in [0.1, 0.15) is 108 Å². The van der Waals surface area contributed by atoms with E-state index in [1.807, 2.05) is 0 Å². The largest absolute Gasteiger partial charge is 0.0654 e. The molecule has 1 aromatic rings. The van der Waals surface area contributed by atoms with Gasteiger partial charge in [-0.3, -0.25) is 0 Å². The summed E-state index contributed by atoms with van der Waals surface area (Å²) < 4.78 is 0. The van der Waals surface area contributed by atoms with Gasteiger partial charge in [0, 0.05) is 0 Å². The van der Waals surface area contributed by atoms with Gasteiger partial charge < -0.3 is 0 Å². The maximum absolute atomic E-state index is 2.43. The highest BCUT2D eigenvalue weighted by Gasteiger charge is 2.21. The van der Waals surface area contributed by atoms with E-state index in [2.05, 4.69) is 45.0 Å². The van der Waals surface area contributed by atoms with Gasteiger partial charge in [-0.2, -0.15) is 0 Å². The summed E-state index contributed by atoms with van der Waals surface area (Å²) in [5.74, 6) is 2.57. The zero-order valence-corrected chi connectivity index (χ0v) is 15.1. The first-order valence-corrected chi connectivity index (χ1v) is 9.84. The minimum absolute atomic E-state index is 0.723. The number of hydrogen-bond donors (Lipinski definition) is 0. The summed E-state index contributed by atoms with van der Waals surface area (Å²) in [4.78, 5) is 0. The Morgan fingerprint density at radius 3 is 2.18 bits per heavy atom. The van der Waals surface area contributed by atoms with Crippen LogP contribution in [0.5, 0.6) is 0 Å². The first kappa shape index (κ1) is 17.6. The van der Waals surface area contributed by atoms with E-state index < -0.39 is 0 Å². The molecule has 0 bridgehead atoms. The summed E-state index contributed by atoms with van der Waals surface area (Å²) in [5.41, 5.74) is 3.14. The Morgan fingerprint density at radius 2 is 1.59 bits per heavy atom. The smallest absolute Gasteiger partial charge is 0.0162 e. The highest BCUT2D eigenvalue weighted by atomic mass is 14.3. The summed E-state index contributed by atoms with van der Waals surface area (Å²) in [6.45, 7) is 7.00. The first-order chi connectivity index (χ1) is 10.7. The molecule has 1 saturated carbocycles. The molecule has 0 N–H and O–H groups in total. The predicted octanol–water partition coefficient (Wildman–Crippen LogP) is 7.44. The molecule has 0 nitrogen and oxygen atoms in total. The van der Waals surface area contributed by atoms with E-state index in [4.69, 9.17) is 0 Å². The van der Waals surface area contributed by atoms with Crippen LogP contribution in [0, 0.1) is 5.92 Å². The average molecular weight is 301 g/mol. The van der Waals surface area contributed by atoms with Crippen molar-refractivity contribution in [2.45, 2.75) is 96.8 Å². The SMILES string of the molecule is CCCCCC(C)c1ccc(C2CCC(CCC)CC2)cc1. The third-order valence-electron chi connectivity index (χ3n) is 5.76. The first-order valence-electron chi connectivity index (χ1n) is 9.84. The second kappa shape index (κ2) is 9.38. The van der Waals surface area contributed by atoms with Gasteiger partial charge >= 0.3 is 0 Å². The van der Waals surface area contributed by atoms with Gasteiger partial charge in [0.25, 0.3) is 0 Å².